The number of hydrogen-bond acceptors (Lipinski definition) is 7. The summed E-state index contributed by atoms with van der Waals surface area (Å²) < 4.78 is 10.4. The maximum absolute atomic E-state index is 11.5. The number of ether oxygens (including phenoxy) is 2. The van der Waals surface area contributed by atoms with Gasteiger partial charge in [0.15, 0.2) is 0 Å². The van der Waals surface area contributed by atoms with Gasteiger partial charge >= 0.3 is 11.9 Å². The molecule has 2 unspecified atom stereocenters. The Hall–Kier alpha value is -0.530. The van der Waals surface area contributed by atoms with Gasteiger partial charge in [0.1, 0.15) is 13.2 Å². The molecule has 0 aliphatic rings. The van der Waals surface area contributed by atoms with Crippen molar-refractivity contribution in [3.05, 3.63) is 24.3 Å². The van der Waals surface area contributed by atoms with Crippen molar-refractivity contribution in [1.29, 1.82) is 0 Å². The molecule has 0 bridgehead atoms. The van der Waals surface area contributed by atoms with Crippen molar-refractivity contribution < 1.29 is 19.1 Å². The zero-order valence-corrected chi connectivity index (χ0v) is 20.3. The minimum absolute atomic E-state index is 0.0698. The minimum atomic E-state index is -0.345. The van der Waals surface area contributed by atoms with Gasteiger partial charge in [0.05, 0.1) is 8.16 Å². The van der Waals surface area contributed by atoms with E-state index < -0.39 is 0 Å². The van der Waals surface area contributed by atoms with Gasteiger partial charge in [-0.3, -0.25) is 0 Å². The van der Waals surface area contributed by atoms with Crippen LogP contribution in [0.3, 0.4) is 0 Å². The van der Waals surface area contributed by atoms with Crippen LogP contribution >= 0.6 is 35.3 Å². The predicted molar refractivity (Wildman–Crippen MR) is 121 cm³/mol. The van der Waals surface area contributed by atoms with Gasteiger partial charge < -0.3 is 9.47 Å². The summed E-state index contributed by atoms with van der Waals surface area (Å²) in [5.74, 6) is -0.691. The lowest BCUT2D eigenvalue weighted by Crippen LogP contribution is -2.27. The Kier molecular flexibility index (Phi) is 11.2. The van der Waals surface area contributed by atoms with E-state index in [1.807, 2.05) is 11.8 Å². The highest BCUT2D eigenvalue weighted by Gasteiger charge is 2.33. The number of carbonyl (C=O) groups is 2. The van der Waals surface area contributed by atoms with Gasteiger partial charge in [-0.25, -0.2) is 9.59 Å². The first-order valence-corrected chi connectivity index (χ1v) is 11.4. The zero-order chi connectivity index (χ0) is 21.4. The first-order chi connectivity index (χ1) is 12.1. The molecule has 0 fully saturated rings. The summed E-state index contributed by atoms with van der Waals surface area (Å²) in [5, 5.41) is 0.344. The van der Waals surface area contributed by atoms with Gasteiger partial charge in [-0.2, -0.15) is 0 Å². The molecule has 0 aromatic carbocycles. The van der Waals surface area contributed by atoms with Crippen molar-refractivity contribution in [2.45, 2.75) is 74.0 Å². The van der Waals surface area contributed by atoms with E-state index in [4.69, 9.17) is 9.47 Å². The van der Waals surface area contributed by atoms with E-state index in [9.17, 15) is 9.59 Å². The molecule has 0 rings (SSSR count). The summed E-state index contributed by atoms with van der Waals surface area (Å²) in [7, 11) is 0. The van der Waals surface area contributed by atoms with Crippen molar-refractivity contribution in [2.75, 3.05) is 13.2 Å². The quantitative estimate of drug-likeness (QED) is 0.223. The van der Waals surface area contributed by atoms with Crippen LogP contribution in [0.4, 0.5) is 0 Å². The maximum Gasteiger partial charge on any atom is 0.333 e. The largest absolute Gasteiger partial charge is 0.461 e. The molecule has 0 heterocycles. The molecular weight excluding hydrogens is 400 g/mol. The Morgan fingerprint density at radius 2 is 1.11 bits per heavy atom. The molecule has 0 aliphatic heterocycles. The molecule has 27 heavy (non-hydrogen) atoms. The minimum Gasteiger partial charge on any atom is -0.461 e. The van der Waals surface area contributed by atoms with Gasteiger partial charge in [-0.15, -0.1) is 35.3 Å². The fraction of sp³-hybridized carbons (Fsp3) is 0.700. The lowest BCUT2D eigenvalue weighted by Gasteiger charge is -2.36. The molecule has 0 radical (unpaired) electrons. The molecule has 156 valence electrons. The smallest absolute Gasteiger partial charge is 0.333 e. The second-order valence-electron chi connectivity index (χ2n) is 7.52. The number of esters is 2. The summed E-state index contributed by atoms with van der Waals surface area (Å²) in [6, 6.07) is 0. The third-order valence-corrected chi connectivity index (χ3v) is 7.33. The van der Waals surface area contributed by atoms with E-state index in [-0.39, 0.29) is 30.6 Å². The van der Waals surface area contributed by atoms with E-state index in [1.165, 1.54) is 0 Å². The monoisotopic (exact) mass is 434 g/mol. The van der Waals surface area contributed by atoms with Crippen LogP contribution in [0.1, 0.15) is 55.4 Å². The van der Waals surface area contributed by atoms with Crippen LogP contribution in [-0.4, -0.2) is 43.8 Å². The third kappa shape index (κ3) is 12.5. The van der Waals surface area contributed by atoms with Gasteiger partial charge in [-0.05, 0) is 55.4 Å². The van der Waals surface area contributed by atoms with Crippen molar-refractivity contribution in [2.24, 2.45) is 0 Å². The van der Waals surface area contributed by atoms with Gasteiger partial charge in [-0.1, -0.05) is 13.2 Å². The predicted octanol–water partition coefficient (Wildman–Crippen LogP) is 5.67. The van der Waals surface area contributed by atoms with Gasteiger partial charge in [0, 0.05) is 21.6 Å². The van der Waals surface area contributed by atoms with E-state index >= 15 is 0 Å². The van der Waals surface area contributed by atoms with Crippen LogP contribution in [0.15, 0.2) is 24.3 Å². The van der Waals surface area contributed by atoms with Crippen LogP contribution in [-0.2, 0) is 19.1 Å². The van der Waals surface area contributed by atoms with E-state index in [0.29, 0.717) is 24.4 Å². The highest BCUT2D eigenvalue weighted by Crippen LogP contribution is 2.51. The summed E-state index contributed by atoms with van der Waals surface area (Å²) in [6.07, 6.45) is 0. The van der Waals surface area contributed by atoms with Crippen LogP contribution < -0.4 is 0 Å². The highest BCUT2D eigenvalue weighted by molar-refractivity contribution is 8.26. The normalized spacial score (nSPS) is 14.2. The number of rotatable bonds is 12. The Labute approximate surface area is 177 Å². The van der Waals surface area contributed by atoms with Crippen LogP contribution in [0.5, 0.6) is 0 Å². The second-order valence-corrected chi connectivity index (χ2v) is 14.4. The molecule has 0 amide bonds. The highest BCUT2D eigenvalue weighted by atomic mass is 32.2. The topological polar surface area (TPSA) is 52.6 Å². The average Bonchev–Trinajstić information content (AvgIpc) is 2.47. The molecule has 0 aromatic heterocycles. The first kappa shape index (κ1) is 26.5. The van der Waals surface area contributed by atoms with Gasteiger partial charge in [0.25, 0.3) is 0 Å². The molecular formula is C20H34O4S3. The molecule has 0 saturated carbocycles. The van der Waals surface area contributed by atoms with Crippen molar-refractivity contribution >= 4 is 47.2 Å². The summed E-state index contributed by atoms with van der Waals surface area (Å²) in [6.45, 7) is 24.0. The lowest BCUT2D eigenvalue weighted by atomic mass is 10.4. The Morgan fingerprint density at radius 3 is 1.37 bits per heavy atom. The SMILES string of the molecule is C=C(C)C(=O)OCC(C)SC(C)(C)SC(C)(C)SC(C)COC(=O)C(=C)C. The van der Waals surface area contributed by atoms with Crippen LogP contribution in [0.25, 0.3) is 0 Å². The molecule has 0 N–H and O–H groups in total. The van der Waals surface area contributed by atoms with Crippen molar-refractivity contribution in [1.82, 2.24) is 0 Å². The van der Waals surface area contributed by atoms with E-state index in [1.54, 1.807) is 37.4 Å². The Morgan fingerprint density at radius 1 is 0.815 bits per heavy atom. The summed E-state index contributed by atoms with van der Waals surface area (Å²) >= 11 is 5.41. The second kappa shape index (κ2) is 11.5. The van der Waals surface area contributed by atoms with Crippen LogP contribution in [0, 0.1) is 0 Å². The number of thioether (sulfide) groups is 3. The molecule has 2 atom stereocenters. The Bertz CT molecular complexity index is 507. The fourth-order valence-corrected chi connectivity index (χ4v) is 8.48. The standard InChI is InChI=1S/C20H34O4S3/c1-13(2)17(21)23-11-15(5)25-19(7,8)27-20(9,10)26-16(6)12-24-18(22)14(3)4/h15-16H,1,3,11-12H2,2,4-10H3. The molecule has 0 aliphatic carbocycles. The zero-order valence-electron chi connectivity index (χ0n) is 17.8. The molecule has 0 saturated heterocycles. The molecule has 0 aromatic rings. The number of carbonyl (C=O) groups excluding carboxylic acids is 2. The summed E-state index contributed by atoms with van der Waals surface area (Å²) in [5.41, 5.74) is 0.833. The van der Waals surface area contributed by atoms with E-state index in [2.05, 4.69) is 54.7 Å². The van der Waals surface area contributed by atoms with Crippen molar-refractivity contribution in [3.8, 4) is 0 Å². The summed E-state index contributed by atoms with van der Waals surface area (Å²) in [4.78, 5) is 23.1. The molecule has 7 heteroatoms. The fourth-order valence-electron chi connectivity index (χ4n) is 2.31. The lowest BCUT2D eigenvalue weighted by molar-refractivity contribution is -0.139. The third-order valence-electron chi connectivity index (χ3n) is 3.06. The first-order valence-electron chi connectivity index (χ1n) is 8.86. The maximum atomic E-state index is 11.5. The van der Waals surface area contributed by atoms with Gasteiger partial charge in [0.2, 0.25) is 0 Å². The molecule has 0 spiro atoms. The average molecular weight is 435 g/mol. The van der Waals surface area contributed by atoms with Crippen molar-refractivity contribution in [3.63, 3.8) is 0 Å². The van der Waals surface area contributed by atoms with E-state index in [0.717, 1.165) is 0 Å². The van der Waals surface area contributed by atoms with Crippen LogP contribution in [0.2, 0.25) is 0 Å². The Balaban J connectivity index is 4.53. The number of hydrogen-bond donors (Lipinski definition) is 0. The molecule has 4 nitrogen and oxygen atoms in total.